The van der Waals surface area contributed by atoms with Gasteiger partial charge in [-0.25, -0.2) is 0 Å². The number of esters is 1. The molecule has 1 unspecified atom stereocenters. The monoisotopic (exact) mass is 539 g/mol. The molecule has 206 valence electrons. The van der Waals surface area contributed by atoms with E-state index in [2.05, 4.69) is 10.4 Å². The molecule has 1 aliphatic rings. The molecule has 0 saturated carbocycles. The summed E-state index contributed by atoms with van der Waals surface area (Å²) in [7, 11) is 1.36. The first-order chi connectivity index (χ1) is 18.3. The molecule has 9 heteroatoms. The summed E-state index contributed by atoms with van der Waals surface area (Å²) >= 11 is 0. The summed E-state index contributed by atoms with van der Waals surface area (Å²) in [5.74, 6) is -0.681. The lowest BCUT2D eigenvalue weighted by molar-refractivity contribution is -0.148. The molecule has 1 aliphatic carbocycles. The zero-order valence-electron chi connectivity index (χ0n) is 22.6. The lowest BCUT2D eigenvalue weighted by atomic mass is 9.81. The Labute approximate surface area is 225 Å². The predicted molar refractivity (Wildman–Crippen MR) is 143 cm³/mol. The maximum atomic E-state index is 13.6. The van der Waals surface area contributed by atoms with E-state index in [4.69, 9.17) is 4.74 Å². The predicted octanol–water partition coefficient (Wildman–Crippen LogP) is 6.41. The summed E-state index contributed by atoms with van der Waals surface area (Å²) in [5, 5.41) is 8.34. The third-order valence-electron chi connectivity index (χ3n) is 7.10. The number of rotatable bonds is 7. The molecule has 6 nitrogen and oxygen atoms in total. The van der Waals surface area contributed by atoms with Gasteiger partial charge in [0.2, 0.25) is 0 Å². The number of hydrogen-bond donors (Lipinski definition) is 1. The highest BCUT2D eigenvalue weighted by atomic mass is 19.4. The van der Waals surface area contributed by atoms with Crippen LogP contribution >= 0.6 is 0 Å². The van der Waals surface area contributed by atoms with Crippen molar-refractivity contribution in [3.05, 3.63) is 88.7 Å². The number of alkyl halides is 3. The highest BCUT2D eigenvalue weighted by Gasteiger charge is 2.33. The largest absolute Gasteiger partial charge is 0.468 e. The van der Waals surface area contributed by atoms with Crippen molar-refractivity contribution >= 4 is 22.8 Å². The van der Waals surface area contributed by atoms with Gasteiger partial charge in [-0.05, 0) is 75.4 Å². The number of benzene rings is 2. The van der Waals surface area contributed by atoms with Crippen molar-refractivity contribution in [3.8, 4) is 0 Å². The van der Waals surface area contributed by atoms with E-state index in [-0.39, 0.29) is 29.7 Å². The molecule has 3 aromatic rings. The molecular formula is C30H32F3N3O3. The average molecular weight is 540 g/mol. The van der Waals surface area contributed by atoms with Crippen LogP contribution in [0.2, 0.25) is 0 Å². The van der Waals surface area contributed by atoms with Crippen LogP contribution in [0.15, 0.2) is 66.3 Å². The van der Waals surface area contributed by atoms with Gasteiger partial charge in [0.05, 0.1) is 29.6 Å². The van der Waals surface area contributed by atoms with Crippen molar-refractivity contribution in [1.29, 1.82) is 0 Å². The number of ether oxygens (including phenoxy) is 1. The lowest BCUT2D eigenvalue weighted by Gasteiger charge is -2.26. The Morgan fingerprint density at radius 3 is 2.38 bits per heavy atom. The van der Waals surface area contributed by atoms with Gasteiger partial charge in [-0.15, -0.1) is 0 Å². The van der Waals surface area contributed by atoms with Crippen LogP contribution in [0.25, 0.3) is 10.9 Å². The number of nitrogens with zero attached hydrogens (tertiary/aromatic N) is 2. The van der Waals surface area contributed by atoms with Crippen molar-refractivity contribution in [3.63, 3.8) is 0 Å². The Bertz CT molecular complexity index is 1450. The zero-order chi connectivity index (χ0) is 28.5. The number of allylic oxidation sites excluding steroid dienone is 1. The number of amides is 1. The summed E-state index contributed by atoms with van der Waals surface area (Å²) < 4.78 is 45.7. The highest BCUT2D eigenvalue weighted by Crippen LogP contribution is 2.33. The number of carbonyl (C=O) groups excluding carboxylic acids is 2. The van der Waals surface area contributed by atoms with Crippen molar-refractivity contribution < 1.29 is 27.5 Å². The second-order valence-corrected chi connectivity index (χ2v) is 10.4. The van der Waals surface area contributed by atoms with Gasteiger partial charge in [-0.2, -0.15) is 18.3 Å². The maximum absolute atomic E-state index is 13.6. The van der Waals surface area contributed by atoms with E-state index in [9.17, 15) is 22.8 Å². The second-order valence-electron chi connectivity index (χ2n) is 10.4. The van der Waals surface area contributed by atoms with Crippen LogP contribution < -0.4 is 5.32 Å². The van der Waals surface area contributed by atoms with Crippen LogP contribution in [0.1, 0.15) is 67.3 Å². The third-order valence-corrected chi connectivity index (χ3v) is 7.10. The first kappa shape index (κ1) is 28.1. The number of fused-ring (bicyclic) bond motifs is 1. The number of methoxy groups -OCH3 is 1. The van der Waals surface area contributed by atoms with Gasteiger partial charge in [-0.1, -0.05) is 42.5 Å². The Kier molecular flexibility index (Phi) is 7.73. The van der Waals surface area contributed by atoms with Gasteiger partial charge >= 0.3 is 12.1 Å². The van der Waals surface area contributed by atoms with E-state index >= 15 is 0 Å². The number of hydrogen-bond acceptors (Lipinski definition) is 4. The minimum atomic E-state index is -4.40. The van der Waals surface area contributed by atoms with Gasteiger partial charge in [0.25, 0.3) is 5.91 Å². The normalized spacial score (nSPS) is 18.2. The quantitative estimate of drug-likeness (QED) is 0.352. The molecular weight excluding hydrogens is 507 g/mol. The molecule has 0 spiro atoms. The maximum Gasteiger partial charge on any atom is 0.416 e. The fourth-order valence-electron chi connectivity index (χ4n) is 4.79. The van der Waals surface area contributed by atoms with E-state index in [1.165, 1.54) is 19.2 Å². The number of carbonyl (C=O) groups is 2. The van der Waals surface area contributed by atoms with Gasteiger partial charge in [0.15, 0.2) is 5.69 Å². The van der Waals surface area contributed by atoms with E-state index in [1.54, 1.807) is 17.7 Å². The fraction of sp³-hybridized carbons (Fsp3) is 0.367. The highest BCUT2D eigenvalue weighted by molar-refractivity contribution is 6.06. The van der Waals surface area contributed by atoms with E-state index in [1.807, 2.05) is 51.1 Å². The number of aromatic nitrogens is 2. The minimum Gasteiger partial charge on any atom is -0.468 e. The SMILES string of the molecule is COC(=O)C1(C)C=CC([C@H](C)NC(=O)c2nn(C(C)C)c3cccc(Cc4ccc(C(F)(F)F)cc4)c23)=CC1. The molecule has 1 aromatic heterocycles. The van der Waals surface area contributed by atoms with Gasteiger partial charge < -0.3 is 10.1 Å². The molecule has 0 aliphatic heterocycles. The Morgan fingerprint density at radius 1 is 1.13 bits per heavy atom. The van der Waals surface area contributed by atoms with Crippen molar-refractivity contribution in [1.82, 2.24) is 15.1 Å². The molecule has 0 saturated heterocycles. The van der Waals surface area contributed by atoms with E-state index < -0.39 is 17.2 Å². The summed E-state index contributed by atoms with van der Waals surface area (Å²) in [5.41, 5.74) is 1.93. The summed E-state index contributed by atoms with van der Waals surface area (Å²) in [6, 6.07) is 10.3. The average Bonchev–Trinajstić information content (AvgIpc) is 3.29. The van der Waals surface area contributed by atoms with Crippen LogP contribution in [0.5, 0.6) is 0 Å². The van der Waals surface area contributed by atoms with Crippen LogP contribution in [0, 0.1) is 5.41 Å². The molecule has 2 atom stereocenters. The summed E-state index contributed by atoms with van der Waals surface area (Å²) in [6.07, 6.45) is 1.93. The summed E-state index contributed by atoms with van der Waals surface area (Å²) in [6.45, 7) is 7.60. The molecule has 1 N–H and O–H groups in total. The molecule has 0 radical (unpaired) electrons. The van der Waals surface area contributed by atoms with Gasteiger partial charge in [0.1, 0.15) is 0 Å². The van der Waals surface area contributed by atoms with Gasteiger partial charge in [-0.3, -0.25) is 14.3 Å². The second kappa shape index (κ2) is 10.7. The first-order valence-electron chi connectivity index (χ1n) is 12.8. The number of nitrogens with one attached hydrogen (secondary N) is 1. The molecule has 0 bridgehead atoms. The molecule has 0 fully saturated rings. The van der Waals surface area contributed by atoms with Crippen LogP contribution in [-0.2, 0) is 22.1 Å². The van der Waals surface area contributed by atoms with Crippen LogP contribution in [0.3, 0.4) is 0 Å². The van der Waals surface area contributed by atoms with Crippen molar-refractivity contribution in [2.24, 2.45) is 5.41 Å². The third kappa shape index (κ3) is 5.77. The minimum absolute atomic E-state index is 0.0206. The molecule has 4 rings (SSSR count). The van der Waals surface area contributed by atoms with E-state index in [0.717, 1.165) is 28.8 Å². The Hall–Kier alpha value is -3.88. The van der Waals surface area contributed by atoms with Crippen molar-refractivity contribution in [2.45, 2.75) is 58.8 Å². The molecule has 39 heavy (non-hydrogen) atoms. The summed E-state index contributed by atoms with van der Waals surface area (Å²) in [4.78, 5) is 25.7. The molecule has 2 aromatic carbocycles. The van der Waals surface area contributed by atoms with Crippen LogP contribution in [0.4, 0.5) is 13.2 Å². The lowest BCUT2D eigenvalue weighted by Crippen LogP contribution is -2.36. The fourth-order valence-corrected chi connectivity index (χ4v) is 4.79. The number of halogens is 3. The van der Waals surface area contributed by atoms with Crippen LogP contribution in [-0.4, -0.2) is 34.8 Å². The standard InChI is InChI=1S/C30H32F3N3O3/c1-18(2)36-24-8-6-7-22(17-20-9-11-23(12-10-20)30(31,32)33)25(24)26(35-36)27(37)34-19(3)21-13-15-29(4,16-14-21)28(38)39-5/h6-15,18-19H,16-17H2,1-5H3,(H,34,37)/t19-,29?/m0/s1. The zero-order valence-corrected chi connectivity index (χ0v) is 22.6. The molecule has 1 amide bonds. The van der Waals surface area contributed by atoms with E-state index in [0.29, 0.717) is 23.8 Å². The van der Waals surface area contributed by atoms with Gasteiger partial charge in [0, 0.05) is 11.4 Å². The topological polar surface area (TPSA) is 73.2 Å². The van der Waals surface area contributed by atoms with Crippen molar-refractivity contribution in [2.75, 3.05) is 7.11 Å². The smallest absolute Gasteiger partial charge is 0.416 e. The Morgan fingerprint density at radius 2 is 1.82 bits per heavy atom. The Balaban J connectivity index is 1.63. The first-order valence-corrected chi connectivity index (χ1v) is 12.8. The molecule has 1 heterocycles.